The summed E-state index contributed by atoms with van der Waals surface area (Å²) in [4.78, 5) is 11.8. The molecular formula is C8H18N2O2. The first-order valence-electron chi connectivity index (χ1n) is 3.98. The third kappa shape index (κ3) is 4.18. The smallest absolute Gasteiger partial charge is 0.407 e. The first-order chi connectivity index (χ1) is 5.39. The van der Waals surface area contributed by atoms with Crippen LogP contribution in [0.3, 0.4) is 0 Å². The molecule has 0 rings (SSSR count). The van der Waals surface area contributed by atoms with E-state index in [0.29, 0.717) is 6.54 Å². The van der Waals surface area contributed by atoms with Gasteiger partial charge < -0.3 is 15.3 Å². The SMILES string of the molecule is CNCC(C)(C)CN(C)C(=O)O. The number of rotatable bonds is 4. The van der Waals surface area contributed by atoms with Crippen LogP contribution in [0.2, 0.25) is 0 Å². The fraction of sp³-hybridized carbons (Fsp3) is 0.875. The topological polar surface area (TPSA) is 52.6 Å². The van der Waals surface area contributed by atoms with Crippen LogP contribution in [0, 0.1) is 5.41 Å². The van der Waals surface area contributed by atoms with Crippen molar-refractivity contribution in [1.82, 2.24) is 10.2 Å². The molecular weight excluding hydrogens is 156 g/mol. The number of carboxylic acid groups (broad SMARTS) is 1. The van der Waals surface area contributed by atoms with Crippen molar-refractivity contribution in [1.29, 1.82) is 0 Å². The summed E-state index contributed by atoms with van der Waals surface area (Å²) < 4.78 is 0. The minimum atomic E-state index is -0.876. The molecule has 0 aliphatic rings. The van der Waals surface area contributed by atoms with Crippen LogP contribution in [-0.4, -0.2) is 43.3 Å². The Balaban J connectivity index is 3.95. The van der Waals surface area contributed by atoms with Crippen molar-refractivity contribution in [3.63, 3.8) is 0 Å². The summed E-state index contributed by atoms with van der Waals surface area (Å²) in [7, 11) is 3.45. The Morgan fingerprint density at radius 2 is 2.08 bits per heavy atom. The van der Waals surface area contributed by atoms with Gasteiger partial charge in [-0.05, 0) is 12.5 Å². The molecule has 0 aromatic carbocycles. The van der Waals surface area contributed by atoms with Gasteiger partial charge in [0.15, 0.2) is 0 Å². The Bertz CT molecular complexity index is 157. The molecule has 0 fully saturated rings. The van der Waals surface area contributed by atoms with E-state index < -0.39 is 6.09 Å². The van der Waals surface area contributed by atoms with E-state index in [1.54, 1.807) is 7.05 Å². The van der Waals surface area contributed by atoms with Gasteiger partial charge in [0.2, 0.25) is 0 Å². The Hall–Kier alpha value is -0.770. The molecule has 0 saturated heterocycles. The minimum absolute atomic E-state index is 0.0120. The fourth-order valence-corrected chi connectivity index (χ4v) is 1.24. The maximum absolute atomic E-state index is 10.5. The second kappa shape index (κ2) is 4.30. The van der Waals surface area contributed by atoms with Crippen molar-refractivity contribution >= 4 is 6.09 Å². The summed E-state index contributed by atoms with van der Waals surface area (Å²) in [6, 6.07) is 0. The van der Waals surface area contributed by atoms with Crippen LogP contribution in [0.4, 0.5) is 4.79 Å². The summed E-state index contributed by atoms with van der Waals surface area (Å²) in [5, 5.41) is 11.7. The Morgan fingerprint density at radius 3 is 2.42 bits per heavy atom. The van der Waals surface area contributed by atoms with Crippen molar-refractivity contribution in [2.75, 3.05) is 27.2 Å². The van der Waals surface area contributed by atoms with Gasteiger partial charge in [0.05, 0.1) is 0 Å². The van der Waals surface area contributed by atoms with Gasteiger partial charge >= 0.3 is 6.09 Å². The third-order valence-electron chi connectivity index (χ3n) is 1.65. The average molecular weight is 174 g/mol. The number of hydrogen-bond acceptors (Lipinski definition) is 2. The van der Waals surface area contributed by atoms with Crippen LogP contribution in [0.1, 0.15) is 13.8 Å². The van der Waals surface area contributed by atoms with Gasteiger partial charge in [0, 0.05) is 20.1 Å². The molecule has 12 heavy (non-hydrogen) atoms. The van der Waals surface area contributed by atoms with Gasteiger partial charge in [0.25, 0.3) is 0 Å². The van der Waals surface area contributed by atoms with E-state index in [1.165, 1.54) is 4.90 Å². The molecule has 0 spiro atoms. The zero-order valence-electron chi connectivity index (χ0n) is 8.22. The van der Waals surface area contributed by atoms with Crippen LogP contribution in [0.15, 0.2) is 0 Å². The number of nitrogens with zero attached hydrogens (tertiary/aromatic N) is 1. The van der Waals surface area contributed by atoms with Crippen LogP contribution in [0.25, 0.3) is 0 Å². The molecule has 0 saturated carbocycles. The number of carbonyl (C=O) groups is 1. The molecule has 2 N–H and O–H groups in total. The maximum atomic E-state index is 10.5. The van der Waals surface area contributed by atoms with Crippen molar-refractivity contribution < 1.29 is 9.90 Å². The zero-order valence-corrected chi connectivity index (χ0v) is 8.22. The van der Waals surface area contributed by atoms with Crippen LogP contribution in [-0.2, 0) is 0 Å². The van der Waals surface area contributed by atoms with Crippen LogP contribution >= 0.6 is 0 Å². The highest BCUT2D eigenvalue weighted by Gasteiger charge is 2.21. The van der Waals surface area contributed by atoms with Crippen LogP contribution < -0.4 is 5.32 Å². The lowest BCUT2D eigenvalue weighted by Crippen LogP contribution is -2.40. The minimum Gasteiger partial charge on any atom is -0.465 e. The van der Waals surface area contributed by atoms with Crippen LogP contribution in [0.5, 0.6) is 0 Å². The molecule has 0 aliphatic heterocycles. The zero-order chi connectivity index (χ0) is 9.78. The normalized spacial score (nSPS) is 11.3. The molecule has 72 valence electrons. The predicted molar refractivity (Wildman–Crippen MR) is 48.4 cm³/mol. The van der Waals surface area contributed by atoms with E-state index in [1.807, 2.05) is 20.9 Å². The lowest BCUT2D eigenvalue weighted by Gasteiger charge is -2.28. The van der Waals surface area contributed by atoms with Crippen molar-refractivity contribution in [3.05, 3.63) is 0 Å². The van der Waals surface area contributed by atoms with Gasteiger partial charge in [-0.25, -0.2) is 4.79 Å². The van der Waals surface area contributed by atoms with Gasteiger partial charge in [-0.3, -0.25) is 0 Å². The summed E-state index contributed by atoms with van der Waals surface area (Å²) in [6.07, 6.45) is -0.876. The molecule has 0 aliphatic carbocycles. The molecule has 0 atom stereocenters. The van der Waals surface area contributed by atoms with Crippen molar-refractivity contribution in [3.8, 4) is 0 Å². The van der Waals surface area contributed by atoms with Crippen molar-refractivity contribution in [2.45, 2.75) is 13.8 Å². The van der Waals surface area contributed by atoms with E-state index >= 15 is 0 Å². The van der Waals surface area contributed by atoms with E-state index in [0.717, 1.165) is 6.54 Å². The number of hydrogen-bond donors (Lipinski definition) is 2. The second-order valence-electron chi connectivity index (χ2n) is 3.83. The monoisotopic (exact) mass is 174 g/mol. The highest BCUT2D eigenvalue weighted by atomic mass is 16.4. The summed E-state index contributed by atoms with van der Waals surface area (Å²) >= 11 is 0. The molecule has 0 unspecified atom stereocenters. The van der Waals surface area contributed by atoms with Gasteiger partial charge in [-0.2, -0.15) is 0 Å². The number of amides is 1. The third-order valence-corrected chi connectivity index (χ3v) is 1.65. The molecule has 4 heteroatoms. The lowest BCUT2D eigenvalue weighted by molar-refractivity contribution is 0.136. The highest BCUT2D eigenvalue weighted by molar-refractivity contribution is 5.64. The fourth-order valence-electron chi connectivity index (χ4n) is 1.24. The number of nitrogens with one attached hydrogen (secondary N) is 1. The lowest BCUT2D eigenvalue weighted by atomic mass is 9.93. The molecule has 0 bridgehead atoms. The highest BCUT2D eigenvalue weighted by Crippen LogP contribution is 2.14. The first-order valence-corrected chi connectivity index (χ1v) is 3.98. The molecule has 0 aromatic heterocycles. The molecule has 0 heterocycles. The predicted octanol–water partition coefficient (Wildman–Crippen LogP) is 0.842. The second-order valence-corrected chi connectivity index (χ2v) is 3.83. The molecule has 0 aromatic rings. The first kappa shape index (κ1) is 11.2. The quantitative estimate of drug-likeness (QED) is 0.664. The van der Waals surface area contributed by atoms with Gasteiger partial charge in [-0.15, -0.1) is 0 Å². The Morgan fingerprint density at radius 1 is 1.58 bits per heavy atom. The maximum Gasteiger partial charge on any atom is 0.407 e. The van der Waals surface area contributed by atoms with E-state index in [9.17, 15) is 4.79 Å². The summed E-state index contributed by atoms with van der Waals surface area (Å²) in [5.41, 5.74) is -0.0120. The summed E-state index contributed by atoms with van der Waals surface area (Å²) in [6.45, 7) is 5.42. The van der Waals surface area contributed by atoms with Gasteiger partial charge in [-0.1, -0.05) is 13.8 Å². The largest absolute Gasteiger partial charge is 0.465 e. The van der Waals surface area contributed by atoms with E-state index in [4.69, 9.17) is 5.11 Å². The molecule has 1 amide bonds. The van der Waals surface area contributed by atoms with Gasteiger partial charge in [0.1, 0.15) is 0 Å². The Kier molecular flexibility index (Phi) is 4.03. The van der Waals surface area contributed by atoms with E-state index in [2.05, 4.69) is 5.32 Å². The standard InChI is InChI=1S/C8H18N2O2/c1-8(2,5-9-3)6-10(4)7(11)12/h9H,5-6H2,1-4H3,(H,11,12). The van der Waals surface area contributed by atoms with Crippen molar-refractivity contribution in [2.24, 2.45) is 5.41 Å². The Labute approximate surface area is 73.6 Å². The molecule has 4 nitrogen and oxygen atoms in total. The molecule has 0 radical (unpaired) electrons. The van der Waals surface area contributed by atoms with E-state index in [-0.39, 0.29) is 5.41 Å². The summed E-state index contributed by atoms with van der Waals surface area (Å²) in [5.74, 6) is 0. The average Bonchev–Trinajstić information content (AvgIpc) is 1.85.